The number of benzene rings is 2. The molecule has 0 aliphatic heterocycles. The fourth-order valence-corrected chi connectivity index (χ4v) is 4.78. The molecule has 2 aromatic heterocycles. The highest BCUT2D eigenvalue weighted by Gasteiger charge is 2.19. The minimum Gasteiger partial charge on any atom is -0.486 e. The molecule has 0 aliphatic carbocycles. The van der Waals surface area contributed by atoms with Crippen molar-refractivity contribution < 1.29 is 19.4 Å². The molecule has 0 radical (unpaired) electrons. The van der Waals surface area contributed by atoms with Gasteiger partial charge in [-0.25, -0.2) is 0 Å². The van der Waals surface area contributed by atoms with Crippen molar-refractivity contribution >= 4 is 17.3 Å². The van der Waals surface area contributed by atoms with Crippen molar-refractivity contribution in [2.24, 2.45) is 5.92 Å². The molecule has 2 heterocycles. The van der Waals surface area contributed by atoms with Gasteiger partial charge in [0, 0.05) is 29.4 Å². The Morgan fingerprint density at radius 3 is 2.46 bits per heavy atom. The van der Waals surface area contributed by atoms with Crippen molar-refractivity contribution in [2.45, 2.75) is 59.0 Å². The highest BCUT2D eigenvalue weighted by Crippen LogP contribution is 2.28. The minimum absolute atomic E-state index is 0.0790. The maximum atomic E-state index is 13.6. The number of fused-ring (bicyclic) bond motifs is 1. The summed E-state index contributed by atoms with van der Waals surface area (Å²) in [5.41, 5.74) is 5.36. The number of ether oxygens (including phenoxy) is 1. The molecule has 0 fully saturated rings. The van der Waals surface area contributed by atoms with Crippen LogP contribution in [0, 0.1) is 5.92 Å². The van der Waals surface area contributed by atoms with Crippen LogP contribution >= 0.6 is 0 Å². The summed E-state index contributed by atoms with van der Waals surface area (Å²) in [5, 5.41) is 9.00. The number of carbonyl (C=O) groups excluding carboxylic acids is 1. The predicted molar refractivity (Wildman–Crippen MR) is 146 cm³/mol. The van der Waals surface area contributed by atoms with Crippen LogP contribution in [0.5, 0.6) is 5.75 Å². The van der Waals surface area contributed by atoms with E-state index in [0.29, 0.717) is 35.6 Å². The average molecular weight is 498 g/mol. The molecule has 4 rings (SSSR count). The summed E-state index contributed by atoms with van der Waals surface area (Å²) in [7, 11) is 0. The highest BCUT2D eigenvalue weighted by atomic mass is 16.5. The third-order valence-corrected chi connectivity index (χ3v) is 6.57. The molecular formula is C32H35NO4. The summed E-state index contributed by atoms with van der Waals surface area (Å²) in [5.74, 6) is 0.382. The molecule has 2 aromatic carbocycles. The van der Waals surface area contributed by atoms with Crippen molar-refractivity contribution in [2.75, 3.05) is 0 Å². The molecule has 0 saturated carbocycles. The quantitative estimate of drug-likeness (QED) is 0.208. The van der Waals surface area contributed by atoms with Crippen molar-refractivity contribution in [1.82, 2.24) is 4.40 Å². The van der Waals surface area contributed by atoms with E-state index in [1.165, 1.54) is 5.56 Å². The molecule has 0 spiro atoms. The van der Waals surface area contributed by atoms with E-state index in [0.717, 1.165) is 29.6 Å². The number of aryl methyl sites for hydroxylation is 1. The number of aromatic nitrogens is 1. The first-order valence-electron chi connectivity index (χ1n) is 13.1. The second kappa shape index (κ2) is 11.9. The van der Waals surface area contributed by atoms with Crippen LogP contribution < -0.4 is 4.74 Å². The Kier molecular flexibility index (Phi) is 8.44. The van der Waals surface area contributed by atoms with Gasteiger partial charge in [-0.1, -0.05) is 63.2 Å². The lowest BCUT2D eigenvalue weighted by atomic mass is 9.99. The van der Waals surface area contributed by atoms with Crippen LogP contribution in [0.25, 0.3) is 5.52 Å². The normalized spacial score (nSPS) is 12.1. The van der Waals surface area contributed by atoms with E-state index in [4.69, 9.17) is 9.84 Å². The van der Waals surface area contributed by atoms with Gasteiger partial charge in [-0.15, -0.1) is 0 Å². The van der Waals surface area contributed by atoms with E-state index >= 15 is 0 Å². The van der Waals surface area contributed by atoms with Crippen molar-refractivity contribution in [3.8, 4) is 5.75 Å². The van der Waals surface area contributed by atoms with Crippen LogP contribution in [0.3, 0.4) is 0 Å². The van der Waals surface area contributed by atoms with E-state index in [1.54, 1.807) is 0 Å². The van der Waals surface area contributed by atoms with Crippen molar-refractivity contribution in [3.05, 3.63) is 107 Å². The van der Waals surface area contributed by atoms with Gasteiger partial charge < -0.3 is 14.2 Å². The summed E-state index contributed by atoms with van der Waals surface area (Å²) >= 11 is 0. The van der Waals surface area contributed by atoms with Gasteiger partial charge in [0.05, 0.1) is 5.52 Å². The molecule has 192 valence electrons. The standard InChI is InChI=1S/C32H35NO4/c1-4-30(24-16-14-23(15-17-24)19-22(2)3)37-27-11-7-9-25(20-27)32(36)28-21-26(10-8-13-31(34)35)33-18-6-5-12-29(28)33/h5-7,9,11-12,14-18,20-22,30H,4,8,10,13,19H2,1-3H3,(H,34,35). The van der Waals surface area contributed by atoms with Gasteiger partial charge in [0.25, 0.3) is 0 Å². The van der Waals surface area contributed by atoms with Gasteiger partial charge in [-0.2, -0.15) is 0 Å². The summed E-state index contributed by atoms with van der Waals surface area (Å²) in [6, 6.07) is 23.6. The molecular weight excluding hydrogens is 462 g/mol. The highest BCUT2D eigenvalue weighted by molar-refractivity contribution is 6.13. The second-order valence-corrected chi connectivity index (χ2v) is 9.96. The zero-order chi connectivity index (χ0) is 26.4. The molecule has 5 heteroatoms. The zero-order valence-corrected chi connectivity index (χ0v) is 21.8. The smallest absolute Gasteiger partial charge is 0.303 e. The summed E-state index contributed by atoms with van der Waals surface area (Å²) in [6.45, 7) is 6.54. The molecule has 37 heavy (non-hydrogen) atoms. The number of hydrogen-bond acceptors (Lipinski definition) is 3. The lowest BCUT2D eigenvalue weighted by Gasteiger charge is -2.19. The third kappa shape index (κ3) is 6.48. The fraction of sp³-hybridized carbons (Fsp3) is 0.312. The third-order valence-electron chi connectivity index (χ3n) is 6.57. The van der Waals surface area contributed by atoms with Gasteiger partial charge in [0.2, 0.25) is 0 Å². The van der Waals surface area contributed by atoms with Gasteiger partial charge in [0.1, 0.15) is 11.9 Å². The first kappa shape index (κ1) is 26.2. The van der Waals surface area contributed by atoms with E-state index in [-0.39, 0.29) is 18.3 Å². The van der Waals surface area contributed by atoms with Crippen LogP contribution in [0.15, 0.2) is 79.0 Å². The number of carboxylic acid groups (broad SMARTS) is 1. The molecule has 0 amide bonds. The number of carboxylic acids is 1. The number of pyridine rings is 1. The maximum absolute atomic E-state index is 13.6. The molecule has 0 saturated heterocycles. The molecule has 1 unspecified atom stereocenters. The molecule has 1 N–H and O–H groups in total. The van der Waals surface area contributed by atoms with Gasteiger partial charge in [0.15, 0.2) is 5.78 Å². The van der Waals surface area contributed by atoms with E-state index in [9.17, 15) is 9.59 Å². The predicted octanol–water partition coefficient (Wildman–Crippen LogP) is 7.31. The monoisotopic (exact) mass is 497 g/mol. The number of nitrogens with zero attached hydrogens (tertiary/aromatic N) is 1. The summed E-state index contributed by atoms with van der Waals surface area (Å²) < 4.78 is 8.33. The SMILES string of the molecule is CCC(Oc1cccc(C(=O)c2cc(CCCC(=O)O)n3ccccc23)c1)c1ccc(CC(C)C)cc1. The Morgan fingerprint density at radius 1 is 0.973 bits per heavy atom. The number of hydrogen-bond donors (Lipinski definition) is 1. The van der Waals surface area contributed by atoms with E-state index in [2.05, 4.69) is 45.0 Å². The Hall–Kier alpha value is -3.86. The van der Waals surface area contributed by atoms with Crippen molar-refractivity contribution in [3.63, 3.8) is 0 Å². The second-order valence-electron chi connectivity index (χ2n) is 9.96. The lowest BCUT2D eigenvalue weighted by Crippen LogP contribution is -2.08. The summed E-state index contributed by atoms with van der Waals surface area (Å²) in [4.78, 5) is 24.5. The first-order valence-corrected chi connectivity index (χ1v) is 13.1. The summed E-state index contributed by atoms with van der Waals surface area (Å²) in [6.07, 6.45) is 4.88. The van der Waals surface area contributed by atoms with Crippen LogP contribution in [0.4, 0.5) is 0 Å². The number of aliphatic carboxylic acids is 1. The van der Waals surface area contributed by atoms with Gasteiger partial charge in [-0.05, 0) is 73.1 Å². The molecule has 5 nitrogen and oxygen atoms in total. The first-order chi connectivity index (χ1) is 17.9. The largest absolute Gasteiger partial charge is 0.486 e. The lowest BCUT2D eigenvalue weighted by molar-refractivity contribution is -0.137. The Morgan fingerprint density at radius 2 is 1.76 bits per heavy atom. The van der Waals surface area contributed by atoms with Crippen molar-refractivity contribution in [1.29, 1.82) is 0 Å². The molecule has 4 aromatic rings. The fourth-order valence-electron chi connectivity index (χ4n) is 4.78. The van der Waals surface area contributed by atoms with Crippen LogP contribution in [-0.2, 0) is 17.6 Å². The van der Waals surface area contributed by atoms with Gasteiger partial charge in [-0.3, -0.25) is 9.59 Å². The number of rotatable bonds is 12. The average Bonchev–Trinajstić information content (AvgIpc) is 3.25. The van der Waals surface area contributed by atoms with Crippen LogP contribution in [0.1, 0.15) is 78.9 Å². The maximum Gasteiger partial charge on any atom is 0.303 e. The van der Waals surface area contributed by atoms with Crippen LogP contribution in [-0.4, -0.2) is 21.3 Å². The zero-order valence-electron chi connectivity index (χ0n) is 21.8. The van der Waals surface area contributed by atoms with Gasteiger partial charge >= 0.3 is 5.97 Å². The Labute approximate surface area is 218 Å². The molecule has 0 aliphatic rings. The minimum atomic E-state index is -0.814. The number of ketones is 1. The van der Waals surface area contributed by atoms with Crippen LogP contribution in [0.2, 0.25) is 0 Å². The Bertz CT molecular complexity index is 1370. The molecule has 1 atom stereocenters. The number of carbonyl (C=O) groups is 2. The molecule has 0 bridgehead atoms. The van der Waals surface area contributed by atoms with E-state index in [1.807, 2.05) is 59.1 Å². The topological polar surface area (TPSA) is 68.0 Å². The Balaban J connectivity index is 1.55. The van der Waals surface area contributed by atoms with E-state index < -0.39 is 5.97 Å².